The molecule has 0 heterocycles. The van der Waals surface area contributed by atoms with Gasteiger partial charge in [-0.25, -0.2) is 0 Å². The molecule has 1 aliphatic carbocycles. The first-order valence-electron chi connectivity index (χ1n) is 7.00. The van der Waals surface area contributed by atoms with Crippen LogP contribution < -0.4 is 0 Å². The van der Waals surface area contributed by atoms with Gasteiger partial charge in [0.05, 0.1) is 5.54 Å². The molecule has 1 saturated carbocycles. The topological polar surface area (TPSA) is 20.3 Å². The molecule has 1 aromatic carbocycles. The average molecular weight is 280 g/mol. The molecule has 0 radical (unpaired) electrons. The summed E-state index contributed by atoms with van der Waals surface area (Å²) in [6, 6.07) is 7.61. The lowest BCUT2D eigenvalue weighted by Crippen LogP contribution is -2.53. The minimum absolute atomic E-state index is 0.252. The molecule has 1 aromatic rings. The zero-order chi connectivity index (χ0) is 13.9. The van der Waals surface area contributed by atoms with Crippen LogP contribution >= 0.6 is 11.6 Å². The predicted octanol–water partition coefficient (Wildman–Crippen LogP) is 3.72. The summed E-state index contributed by atoms with van der Waals surface area (Å²) < 4.78 is 0. The minimum Gasteiger partial charge on any atom is -0.297 e. The number of hydrogen-bond donors (Lipinski definition) is 0. The third-order valence-corrected chi connectivity index (χ3v) is 4.59. The summed E-state index contributed by atoms with van der Waals surface area (Å²) in [5, 5.41) is 0.719. The van der Waals surface area contributed by atoms with Crippen LogP contribution in [0.4, 0.5) is 0 Å². The van der Waals surface area contributed by atoms with Gasteiger partial charge in [-0.15, -0.1) is 0 Å². The molecule has 0 atom stereocenters. The second kappa shape index (κ2) is 6.06. The average Bonchev–Trinajstić information content (AvgIpc) is 2.42. The molecular weight excluding hydrogens is 258 g/mol. The summed E-state index contributed by atoms with van der Waals surface area (Å²) in [6.07, 6.45) is 6.06. The number of carbonyl (C=O) groups excluding carboxylic acids is 1. The van der Waals surface area contributed by atoms with Crippen LogP contribution in [0.1, 0.15) is 37.7 Å². The maximum Gasteiger partial charge on any atom is 0.157 e. The third kappa shape index (κ3) is 3.18. The van der Waals surface area contributed by atoms with Crippen molar-refractivity contribution in [2.45, 2.75) is 44.1 Å². The van der Waals surface area contributed by atoms with Gasteiger partial charge in [0.1, 0.15) is 0 Å². The minimum atomic E-state index is -0.252. The molecule has 0 spiro atoms. The van der Waals surface area contributed by atoms with Crippen LogP contribution in [-0.4, -0.2) is 30.3 Å². The quantitative estimate of drug-likeness (QED) is 0.837. The Hall–Kier alpha value is -0.860. The molecule has 3 heteroatoms. The van der Waals surface area contributed by atoms with Crippen LogP contribution in [0.5, 0.6) is 0 Å². The SMILES string of the molecule is CN(C)C1(C(=O)Cc2ccc(Cl)cc2)CCCCC1. The summed E-state index contributed by atoms with van der Waals surface area (Å²) >= 11 is 5.88. The first-order chi connectivity index (χ1) is 9.04. The maximum absolute atomic E-state index is 12.7. The van der Waals surface area contributed by atoms with E-state index in [0.29, 0.717) is 12.2 Å². The summed E-state index contributed by atoms with van der Waals surface area (Å²) in [4.78, 5) is 14.9. The summed E-state index contributed by atoms with van der Waals surface area (Å²) in [7, 11) is 4.07. The lowest BCUT2D eigenvalue weighted by molar-refractivity contribution is -0.131. The van der Waals surface area contributed by atoms with Crippen LogP contribution in [0.15, 0.2) is 24.3 Å². The van der Waals surface area contributed by atoms with E-state index in [0.717, 1.165) is 36.3 Å². The molecule has 0 amide bonds. The largest absolute Gasteiger partial charge is 0.297 e. The number of benzene rings is 1. The van der Waals surface area contributed by atoms with Crippen molar-refractivity contribution < 1.29 is 4.79 Å². The normalized spacial score (nSPS) is 18.5. The number of halogens is 1. The van der Waals surface area contributed by atoms with Gasteiger partial charge in [-0.05, 0) is 44.6 Å². The number of Topliss-reactive ketones (excluding diaryl/α,β-unsaturated/α-hetero) is 1. The Kier molecular flexibility index (Phi) is 4.64. The van der Waals surface area contributed by atoms with E-state index in [1.807, 2.05) is 38.4 Å². The van der Waals surface area contributed by atoms with E-state index < -0.39 is 0 Å². The Balaban J connectivity index is 2.14. The number of rotatable bonds is 4. The van der Waals surface area contributed by atoms with Crippen LogP contribution in [0.3, 0.4) is 0 Å². The molecule has 0 saturated heterocycles. The van der Waals surface area contributed by atoms with E-state index in [4.69, 9.17) is 11.6 Å². The zero-order valence-electron chi connectivity index (χ0n) is 11.8. The molecule has 1 aliphatic rings. The molecule has 1 fully saturated rings. The van der Waals surface area contributed by atoms with E-state index in [9.17, 15) is 4.79 Å². The van der Waals surface area contributed by atoms with Crippen LogP contribution in [0, 0.1) is 0 Å². The monoisotopic (exact) mass is 279 g/mol. The Morgan fingerprint density at radius 3 is 2.26 bits per heavy atom. The number of likely N-dealkylation sites (N-methyl/N-ethyl adjacent to an activating group) is 1. The fraction of sp³-hybridized carbons (Fsp3) is 0.562. The Labute approximate surface area is 120 Å². The van der Waals surface area contributed by atoms with Gasteiger partial charge >= 0.3 is 0 Å². The van der Waals surface area contributed by atoms with Gasteiger partial charge in [0.25, 0.3) is 0 Å². The first kappa shape index (κ1) is 14.5. The van der Waals surface area contributed by atoms with Gasteiger partial charge < -0.3 is 0 Å². The zero-order valence-corrected chi connectivity index (χ0v) is 12.5. The maximum atomic E-state index is 12.7. The highest BCUT2D eigenvalue weighted by atomic mass is 35.5. The number of ketones is 1. The Morgan fingerprint density at radius 1 is 1.16 bits per heavy atom. The smallest absolute Gasteiger partial charge is 0.157 e. The standard InChI is InChI=1S/C16H22ClNO/c1-18(2)16(10-4-3-5-11-16)15(19)12-13-6-8-14(17)9-7-13/h6-9H,3-5,10-12H2,1-2H3. The highest BCUT2D eigenvalue weighted by Crippen LogP contribution is 2.34. The molecule has 2 nitrogen and oxygen atoms in total. The number of hydrogen-bond acceptors (Lipinski definition) is 2. The molecule has 104 valence electrons. The highest BCUT2D eigenvalue weighted by Gasteiger charge is 2.40. The van der Waals surface area contributed by atoms with Crippen molar-refractivity contribution in [3.63, 3.8) is 0 Å². The lowest BCUT2D eigenvalue weighted by atomic mass is 9.76. The Bertz CT molecular complexity index is 433. The molecule has 2 rings (SSSR count). The number of nitrogens with zero attached hydrogens (tertiary/aromatic N) is 1. The fourth-order valence-corrected chi connectivity index (χ4v) is 3.19. The van der Waals surface area contributed by atoms with Crippen LogP contribution in [0.2, 0.25) is 5.02 Å². The fourth-order valence-electron chi connectivity index (χ4n) is 3.06. The van der Waals surface area contributed by atoms with E-state index in [1.165, 1.54) is 6.42 Å². The van der Waals surface area contributed by atoms with Crippen molar-refractivity contribution in [2.24, 2.45) is 0 Å². The van der Waals surface area contributed by atoms with Gasteiger partial charge in [-0.3, -0.25) is 9.69 Å². The Morgan fingerprint density at radius 2 is 1.74 bits per heavy atom. The third-order valence-electron chi connectivity index (χ3n) is 4.33. The molecule has 0 bridgehead atoms. The van der Waals surface area contributed by atoms with E-state index in [1.54, 1.807) is 0 Å². The van der Waals surface area contributed by atoms with E-state index in [-0.39, 0.29) is 5.54 Å². The van der Waals surface area contributed by atoms with Crippen molar-refractivity contribution in [2.75, 3.05) is 14.1 Å². The summed E-state index contributed by atoms with van der Waals surface area (Å²) in [5.74, 6) is 0.347. The molecular formula is C16H22ClNO. The van der Waals surface area contributed by atoms with Gasteiger partial charge in [0, 0.05) is 11.4 Å². The van der Waals surface area contributed by atoms with Crippen molar-refractivity contribution >= 4 is 17.4 Å². The molecule has 19 heavy (non-hydrogen) atoms. The lowest BCUT2D eigenvalue weighted by Gasteiger charge is -2.41. The van der Waals surface area contributed by atoms with Crippen LogP contribution in [-0.2, 0) is 11.2 Å². The van der Waals surface area contributed by atoms with Gasteiger partial charge in [-0.2, -0.15) is 0 Å². The van der Waals surface area contributed by atoms with Crippen molar-refractivity contribution in [3.8, 4) is 0 Å². The first-order valence-corrected chi connectivity index (χ1v) is 7.37. The second-order valence-corrected chi connectivity index (χ2v) is 6.15. The predicted molar refractivity (Wildman–Crippen MR) is 79.7 cm³/mol. The van der Waals surface area contributed by atoms with Gasteiger partial charge in [-0.1, -0.05) is 43.0 Å². The second-order valence-electron chi connectivity index (χ2n) is 5.71. The highest BCUT2D eigenvalue weighted by molar-refractivity contribution is 6.30. The molecule has 0 aliphatic heterocycles. The molecule has 0 aromatic heterocycles. The molecule has 0 unspecified atom stereocenters. The van der Waals surface area contributed by atoms with E-state index in [2.05, 4.69) is 4.90 Å². The van der Waals surface area contributed by atoms with Crippen molar-refractivity contribution in [3.05, 3.63) is 34.9 Å². The van der Waals surface area contributed by atoms with Crippen molar-refractivity contribution in [1.82, 2.24) is 4.90 Å². The van der Waals surface area contributed by atoms with Gasteiger partial charge in [0.15, 0.2) is 5.78 Å². The van der Waals surface area contributed by atoms with E-state index >= 15 is 0 Å². The number of carbonyl (C=O) groups is 1. The van der Waals surface area contributed by atoms with Crippen LogP contribution in [0.25, 0.3) is 0 Å². The van der Waals surface area contributed by atoms with Crippen molar-refractivity contribution in [1.29, 1.82) is 0 Å². The summed E-state index contributed by atoms with van der Waals surface area (Å²) in [6.45, 7) is 0. The van der Waals surface area contributed by atoms with Gasteiger partial charge in [0.2, 0.25) is 0 Å². The molecule has 0 N–H and O–H groups in total. The summed E-state index contributed by atoms with van der Waals surface area (Å²) in [5.41, 5.74) is 0.805.